The smallest absolute Gasteiger partial charge is 0.239 e. The third-order valence-corrected chi connectivity index (χ3v) is 4.08. The summed E-state index contributed by atoms with van der Waals surface area (Å²) in [5, 5.41) is 10.9. The minimum Gasteiger partial charge on any atom is -0.378 e. The molecule has 2 N–H and O–H groups in total. The van der Waals surface area contributed by atoms with Crippen molar-refractivity contribution in [3.05, 3.63) is 47.8 Å². The molecule has 1 atom stereocenters. The van der Waals surface area contributed by atoms with Gasteiger partial charge in [-0.1, -0.05) is 32.0 Å². The number of amides is 1. The molecule has 6 heteroatoms. The number of rotatable bonds is 5. The van der Waals surface area contributed by atoms with E-state index in [1.807, 2.05) is 41.2 Å². The van der Waals surface area contributed by atoms with E-state index in [4.69, 9.17) is 9.84 Å². The lowest BCUT2D eigenvalue weighted by Crippen LogP contribution is -2.51. The molecule has 0 radical (unpaired) electrons. The number of morpholine rings is 1. The SMILES string of the molecule is CC(C)c1nn(-c2ccccc2)cc1CNC(=O)[C@@H]1COCCN1. The quantitative estimate of drug-likeness (QED) is 0.875. The Balaban J connectivity index is 1.72. The monoisotopic (exact) mass is 328 g/mol. The molecule has 3 rings (SSSR count). The highest BCUT2D eigenvalue weighted by molar-refractivity contribution is 5.82. The van der Waals surface area contributed by atoms with Crippen LogP contribution in [0.15, 0.2) is 36.5 Å². The number of nitrogens with zero attached hydrogens (tertiary/aromatic N) is 2. The third-order valence-electron chi connectivity index (χ3n) is 4.08. The molecule has 1 saturated heterocycles. The molecule has 0 saturated carbocycles. The van der Waals surface area contributed by atoms with Crippen molar-refractivity contribution >= 4 is 5.91 Å². The zero-order valence-corrected chi connectivity index (χ0v) is 14.2. The Bertz CT molecular complexity index is 676. The zero-order valence-electron chi connectivity index (χ0n) is 14.2. The number of para-hydroxylation sites is 1. The molecule has 0 unspecified atom stereocenters. The molecule has 0 aliphatic carbocycles. The van der Waals surface area contributed by atoms with Crippen LogP contribution >= 0.6 is 0 Å². The van der Waals surface area contributed by atoms with Crippen LogP contribution in [-0.2, 0) is 16.1 Å². The molecule has 2 heterocycles. The Hall–Kier alpha value is -2.18. The maximum absolute atomic E-state index is 12.2. The molecule has 1 aromatic carbocycles. The number of hydrogen-bond donors (Lipinski definition) is 2. The first-order valence-electron chi connectivity index (χ1n) is 8.38. The molecular weight excluding hydrogens is 304 g/mol. The lowest BCUT2D eigenvalue weighted by molar-refractivity contribution is -0.126. The van der Waals surface area contributed by atoms with Gasteiger partial charge in [0.2, 0.25) is 5.91 Å². The van der Waals surface area contributed by atoms with Crippen molar-refractivity contribution < 1.29 is 9.53 Å². The molecule has 1 fully saturated rings. The van der Waals surface area contributed by atoms with Crippen LogP contribution in [0, 0.1) is 0 Å². The minimum atomic E-state index is -0.273. The fraction of sp³-hybridized carbons (Fsp3) is 0.444. The summed E-state index contributed by atoms with van der Waals surface area (Å²) in [4.78, 5) is 12.2. The molecule has 2 aromatic rings. The largest absolute Gasteiger partial charge is 0.378 e. The van der Waals surface area contributed by atoms with Crippen molar-refractivity contribution in [2.75, 3.05) is 19.8 Å². The van der Waals surface area contributed by atoms with Crippen LogP contribution in [0.2, 0.25) is 0 Å². The van der Waals surface area contributed by atoms with Crippen molar-refractivity contribution in [3.63, 3.8) is 0 Å². The summed E-state index contributed by atoms with van der Waals surface area (Å²) in [6.45, 7) is 6.48. The number of hydrogen-bond acceptors (Lipinski definition) is 4. The predicted molar refractivity (Wildman–Crippen MR) is 92.1 cm³/mol. The van der Waals surface area contributed by atoms with E-state index in [2.05, 4.69) is 24.5 Å². The average Bonchev–Trinajstić information content (AvgIpc) is 3.06. The van der Waals surface area contributed by atoms with Gasteiger partial charge in [0, 0.05) is 24.8 Å². The first-order valence-corrected chi connectivity index (χ1v) is 8.38. The number of ether oxygens (including phenoxy) is 1. The normalized spacial score (nSPS) is 17.9. The first kappa shape index (κ1) is 16.7. The molecule has 1 aliphatic heterocycles. The Morgan fingerprint density at radius 3 is 2.88 bits per heavy atom. The van der Waals surface area contributed by atoms with Crippen molar-refractivity contribution in [2.24, 2.45) is 0 Å². The topological polar surface area (TPSA) is 68.2 Å². The highest BCUT2D eigenvalue weighted by atomic mass is 16.5. The molecule has 128 valence electrons. The number of carbonyl (C=O) groups excluding carboxylic acids is 1. The molecule has 24 heavy (non-hydrogen) atoms. The fourth-order valence-corrected chi connectivity index (χ4v) is 2.80. The van der Waals surface area contributed by atoms with Gasteiger partial charge in [0.25, 0.3) is 0 Å². The minimum absolute atomic E-state index is 0.0307. The van der Waals surface area contributed by atoms with Gasteiger partial charge in [-0.05, 0) is 18.1 Å². The summed E-state index contributed by atoms with van der Waals surface area (Å²) in [5.74, 6) is 0.259. The Kier molecular flexibility index (Phi) is 5.27. The number of nitrogens with one attached hydrogen (secondary N) is 2. The van der Waals surface area contributed by atoms with Crippen LogP contribution in [0.5, 0.6) is 0 Å². The lowest BCUT2D eigenvalue weighted by atomic mass is 10.1. The lowest BCUT2D eigenvalue weighted by Gasteiger charge is -2.22. The van der Waals surface area contributed by atoms with Crippen LogP contribution < -0.4 is 10.6 Å². The van der Waals surface area contributed by atoms with E-state index >= 15 is 0 Å². The van der Waals surface area contributed by atoms with Gasteiger partial charge in [-0.2, -0.15) is 5.10 Å². The van der Waals surface area contributed by atoms with Gasteiger partial charge < -0.3 is 15.4 Å². The number of aromatic nitrogens is 2. The maximum atomic E-state index is 12.2. The van der Waals surface area contributed by atoms with E-state index in [0.29, 0.717) is 26.3 Å². The predicted octanol–water partition coefficient (Wildman–Crippen LogP) is 1.60. The second-order valence-corrected chi connectivity index (χ2v) is 6.27. The van der Waals surface area contributed by atoms with E-state index in [1.54, 1.807) is 0 Å². The summed E-state index contributed by atoms with van der Waals surface area (Å²) in [6, 6.07) is 9.72. The second kappa shape index (κ2) is 7.59. The summed E-state index contributed by atoms with van der Waals surface area (Å²) in [6.07, 6.45) is 2.00. The summed E-state index contributed by atoms with van der Waals surface area (Å²) in [5.41, 5.74) is 3.06. The maximum Gasteiger partial charge on any atom is 0.239 e. The van der Waals surface area contributed by atoms with Gasteiger partial charge >= 0.3 is 0 Å². The first-order chi connectivity index (χ1) is 11.6. The van der Waals surface area contributed by atoms with Crippen LogP contribution in [0.1, 0.15) is 31.0 Å². The van der Waals surface area contributed by atoms with Gasteiger partial charge in [-0.3, -0.25) is 4.79 Å². The van der Waals surface area contributed by atoms with Crippen LogP contribution in [0.3, 0.4) is 0 Å². The van der Waals surface area contributed by atoms with Crippen molar-refractivity contribution in [1.82, 2.24) is 20.4 Å². The number of carbonyl (C=O) groups is 1. The average molecular weight is 328 g/mol. The van der Waals surface area contributed by atoms with Gasteiger partial charge in [0.15, 0.2) is 0 Å². The molecule has 1 aromatic heterocycles. The van der Waals surface area contributed by atoms with Crippen molar-refractivity contribution in [3.8, 4) is 5.69 Å². The molecule has 0 bridgehead atoms. The summed E-state index contributed by atoms with van der Waals surface area (Å²) >= 11 is 0. The zero-order chi connectivity index (χ0) is 16.9. The molecule has 6 nitrogen and oxygen atoms in total. The van der Waals surface area contributed by atoms with E-state index in [-0.39, 0.29) is 17.9 Å². The molecule has 1 aliphatic rings. The van der Waals surface area contributed by atoms with E-state index in [9.17, 15) is 4.79 Å². The van der Waals surface area contributed by atoms with Crippen molar-refractivity contribution in [1.29, 1.82) is 0 Å². The standard InChI is InChI=1S/C18H24N4O2/c1-13(2)17-14(10-20-18(23)16-12-24-9-8-19-16)11-22(21-17)15-6-4-3-5-7-15/h3-7,11,13,16,19H,8-10,12H2,1-2H3,(H,20,23)/t16-/m0/s1. The Labute approximate surface area is 142 Å². The van der Waals surface area contributed by atoms with Gasteiger partial charge in [-0.25, -0.2) is 4.68 Å². The number of benzene rings is 1. The van der Waals surface area contributed by atoms with Gasteiger partial charge in [0.05, 0.1) is 24.6 Å². The summed E-state index contributed by atoms with van der Waals surface area (Å²) in [7, 11) is 0. The Morgan fingerprint density at radius 1 is 1.42 bits per heavy atom. The highest BCUT2D eigenvalue weighted by Gasteiger charge is 2.21. The fourth-order valence-electron chi connectivity index (χ4n) is 2.80. The van der Waals surface area contributed by atoms with E-state index in [0.717, 1.165) is 16.9 Å². The van der Waals surface area contributed by atoms with Crippen LogP contribution in [-0.4, -0.2) is 41.5 Å². The van der Waals surface area contributed by atoms with E-state index < -0.39 is 0 Å². The van der Waals surface area contributed by atoms with Gasteiger partial charge in [-0.15, -0.1) is 0 Å². The van der Waals surface area contributed by atoms with Crippen LogP contribution in [0.4, 0.5) is 0 Å². The Morgan fingerprint density at radius 2 is 2.21 bits per heavy atom. The molecule has 0 spiro atoms. The summed E-state index contributed by atoms with van der Waals surface area (Å²) < 4.78 is 7.21. The second-order valence-electron chi connectivity index (χ2n) is 6.27. The highest BCUT2D eigenvalue weighted by Crippen LogP contribution is 2.20. The van der Waals surface area contributed by atoms with Crippen molar-refractivity contribution in [2.45, 2.75) is 32.4 Å². The van der Waals surface area contributed by atoms with Crippen LogP contribution in [0.25, 0.3) is 5.69 Å². The molecule has 1 amide bonds. The van der Waals surface area contributed by atoms with Gasteiger partial charge in [0.1, 0.15) is 6.04 Å². The molecular formula is C18H24N4O2. The van der Waals surface area contributed by atoms with E-state index in [1.165, 1.54) is 0 Å². The third kappa shape index (κ3) is 3.83.